The van der Waals surface area contributed by atoms with Gasteiger partial charge in [0.15, 0.2) is 0 Å². The molecule has 0 aromatic carbocycles. The van der Waals surface area contributed by atoms with Gasteiger partial charge >= 0.3 is 0 Å². The molecular weight excluding hydrogens is 260 g/mol. The average Bonchev–Trinajstić information content (AvgIpc) is 2.86. The van der Waals surface area contributed by atoms with Gasteiger partial charge in [-0.15, -0.1) is 0 Å². The summed E-state index contributed by atoms with van der Waals surface area (Å²) in [4.78, 5) is 6.40. The van der Waals surface area contributed by atoms with E-state index in [9.17, 15) is 0 Å². The number of nitrogens with zero attached hydrogens (tertiary/aromatic N) is 4. The van der Waals surface area contributed by atoms with Crippen molar-refractivity contribution in [2.75, 3.05) is 18.0 Å². The predicted molar refractivity (Wildman–Crippen MR) is 76.6 cm³/mol. The summed E-state index contributed by atoms with van der Waals surface area (Å²) >= 11 is 5.94. The van der Waals surface area contributed by atoms with E-state index in [-0.39, 0.29) is 0 Å². The van der Waals surface area contributed by atoms with Crippen molar-refractivity contribution in [1.29, 1.82) is 0 Å². The summed E-state index contributed by atoms with van der Waals surface area (Å²) in [6.07, 6.45) is 8.20. The van der Waals surface area contributed by atoms with Crippen molar-refractivity contribution in [2.24, 2.45) is 7.05 Å². The van der Waals surface area contributed by atoms with Crippen molar-refractivity contribution in [1.82, 2.24) is 14.8 Å². The Kier molecular flexibility index (Phi) is 3.42. The third-order valence-electron chi connectivity index (χ3n) is 3.77. The van der Waals surface area contributed by atoms with E-state index in [0.29, 0.717) is 11.1 Å². The van der Waals surface area contributed by atoms with Crippen molar-refractivity contribution in [3.05, 3.63) is 41.4 Å². The molecular formula is C14H17ClN4. The molecule has 1 fully saturated rings. The fourth-order valence-electron chi connectivity index (χ4n) is 2.71. The van der Waals surface area contributed by atoms with Gasteiger partial charge in [-0.25, -0.2) is 4.98 Å². The Morgan fingerprint density at radius 2 is 2.11 bits per heavy atom. The molecule has 1 saturated heterocycles. The fourth-order valence-corrected chi connectivity index (χ4v) is 2.88. The zero-order valence-electron chi connectivity index (χ0n) is 11.0. The molecule has 100 valence electrons. The maximum Gasteiger partial charge on any atom is 0.131 e. The molecule has 0 aliphatic carbocycles. The Balaban J connectivity index is 1.66. The van der Waals surface area contributed by atoms with Crippen LogP contribution in [0.25, 0.3) is 0 Å². The van der Waals surface area contributed by atoms with Crippen LogP contribution in [0, 0.1) is 0 Å². The number of aryl methyl sites for hydroxylation is 1. The normalized spacial score (nSPS) is 16.8. The van der Waals surface area contributed by atoms with Crippen LogP contribution in [-0.4, -0.2) is 27.9 Å². The average molecular weight is 277 g/mol. The van der Waals surface area contributed by atoms with Crippen LogP contribution in [0.4, 0.5) is 5.69 Å². The van der Waals surface area contributed by atoms with Crippen LogP contribution in [0.5, 0.6) is 0 Å². The molecule has 0 spiro atoms. The zero-order valence-corrected chi connectivity index (χ0v) is 11.7. The molecule has 0 radical (unpaired) electrons. The highest BCUT2D eigenvalue weighted by molar-refractivity contribution is 6.29. The van der Waals surface area contributed by atoms with E-state index >= 15 is 0 Å². The van der Waals surface area contributed by atoms with Gasteiger partial charge in [-0.05, 0) is 36.5 Å². The van der Waals surface area contributed by atoms with Crippen molar-refractivity contribution < 1.29 is 0 Å². The summed E-state index contributed by atoms with van der Waals surface area (Å²) in [6.45, 7) is 2.11. The number of halogens is 1. The summed E-state index contributed by atoms with van der Waals surface area (Å²) in [5.41, 5.74) is 2.53. The molecule has 5 heteroatoms. The molecule has 3 rings (SSSR count). The first-order valence-electron chi connectivity index (χ1n) is 6.57. The molecule has 2 aromatic rings. The van der Waals surface area contributed by atoms with Crippen molar-refractivity contribution >= 4 is 17.3 Å². The van der Waals surface area contributed by atoms with E-state index in [2.05, 4.69) is 21.2 Å². The summed E-state index contributed by atoms with van der Waals surface area (Å²) in [5, 5.41) is 4.82. The first-order chi connectivity index (χ1) is 9.22. The van der Waals surface area contributed by atoms with Crippen molar-refractivity contribution in [2.45, 2.75) is 18.8 Å². The van der Waals surface area contributed by atoms with Crippen molar-refractivity contribution in [3.63, 3.8) is 0 Å². The van der Waals surface area contributed by atoms with Crippen LogP contribution >= 0.6 is 11.6 Å². The number of aromatic nitrogens is 3. The number of hydrogen-bond donors (Lipinski definition) is 0. The maximum atomic E-state index is 5.94. The van der Waals surface area contributed by atoms with E-state index in [0.717, 1.165) is 25.9 Å². The summed E-state index contributed by atoms with van der Waals surface area (Å²) in [7, 11) is 1.97. The monoisotopic (exact) mass is 276 g/mol. The first kappa shape index (κ1) is 12.5. The van der Waals surface area contributed by atoms with Gasteiger partial charge in [0.05, 0.1) is 6.20 Å². The van der Waals surface area contributed by atoms with Crippen LogP contribution < -0.4 is 4.90 Å². The van der Waals surface area contributed by atoms with Crippen LogP contribution in [0.15, 0.2) is 30.7 Å². The van der Waals surface area contributed by atoms with Crippen LogP contribution in [0.1, 0.15) is 24.3 Å². The predicted octanol–water partition coefficient (Wildman–Crippen LogP) is 2.85. The maximum absolute atomic E-state index is 5.94. The highest BCUT2D eigenvalue weighted by Gasteiger charge is 2.21. The Morgan fingerprint density at radius 3 is 2.74 bits per heavy atom. The number of pyridine rings is 1. The molecule has 0 saturated carbocycles. The molecule has 2 aromatic heterocycles. The van der Waals surface area contributed by atoms with Crippen molar-refractivity contribution in [3.8, 4) is 0 Å². The van der Waals surface area contributed by atoms with E-state index < -0.39 is 0 Å². The van der Waals surface area contributed by atoms with Gasteiger partial charge in [0.2, 0.25) is 0 Å². The molecule has 3 heterocycles. The number of rotatable bonds is 2. The molecule has 1 aliphatic heterocycles. The van der Waals surface area contributed by atoms with Crippen LogP contribution in [0.2, 0.25) is 5.15 Å². The first-order valence-corrected chi connectivity index (χ1v) is 6.95. The van der Waals surface area contributed by atoms with E-state index in [1.807, 2.05) is 30.1 Å². The Labute approximate surface area is 118 Å². The third-order valence-corrected chi connectivity index (χ3v) is 3.97. The molecule has 0 amide bonds. The standard InChI is InChI=1S/C14H17ClN4/c1-18-10-12(9-17-18)11-3-6-19(7-4-11)13-2-5-16-14(15)8-13/h2,5,8-11H,3-4,6-7H2,1H3. The fraction of sp³-hybridized carbons (Fsp3) is 0.429. The Bertz CT molecular complexity index is 558. The molecule has 0 unspecified atom stereocenters. The van der Waals surface area contributed by atoms with Gasteiger partial charge in [0.1, 0.15) is 5.15 Å². The largest absolute Gasteiger partial charge is 0.371 e. The minimum absolute atomic E-state index is 0.562. The molecule has 0 atom stereocenters. The smallest absolute Gasteiger partial charge is 0.131 e. The van der Waals surface area contributed by atoms with Crippen LogP contribution in [0.3, 0.4) is 0 Å². The minimum atomic E-state index is 0.562. The summed E-state index contributed by atoms with van der Waals surface area (Å²) in [6, 6.07) is 3.96. The van der Waals surface area contributed by atoms with E-state index in [4.69, 9.17) is 11.6 Å². The molecule has 19 heavy (non-hydrogen) atoms. The second-order valence-electron chi connectivity index (χ2n) is 5.05. The number of anilines is 1. The minimum Gasteiger partial charge on any atom is -0.371 e. The van der Waals surface area contributed by atoms with E-state index in [1.165, 1.54) is 11.3 Å². The lowest BCUT2D eigenvalue weighted by atomic mass is 9.91. The number of hydrogen-bond acceptors (Lipinski definition) is 3. The zero-order chi connectivity index (χ0) is 13.2. The van der Waals surface area contributed by atoms with Gasteiger partial charge in [-0.3, -0.25) is 4.68 Å². The number of piperidine rings is 1. The van der Waals surface area contributed by atoms with Gasteiger partial charge in [0.25, 0.3) is 0 Å². The van der Waals surface area contributed by atoms with Gasteiger partial charge in [-0.1, -0.05) is 11.6 Å². The van der Waals surface area contributed by atoms with Gasteiger partial charge < -0.3 is 4.90 Å². The lowest BCUT2D eigenvalue weighted by Crippen LogP contribution is -2.32. The van der Waals surface area contributed by atoms with Gasteiger partial charge in [-0.2, -0.15) is 5.10 Å². The SMILES string of the molecule is Cn1cc(C2CCN(c3ccnc(Cl)c3)CC2)cn1. The second kappa shape index (κ2) is 5.21. The lowest BCUT2D eigenvalue weighted by molar-refractivity contribution is 0.505. The quantitative estimate of drug-likeness (QED) is 0.791. The van der Waals surface area contributed by atoms with Gasteiger partial charge in [0, 0.05) is 38.2 Å². The van der Waals surface area contributed by atoms with E-state index in [1.54, 1.807) is 6.20 Å². The van der Waals surface area contributed by atoms with Crippen LogP contribution in [-0.2, 0) is 7.05 Å². The highest BCUT2D eigenvalue weighted by Crippen LogP contribution is 2.30. The summed E-state index contributed by atoms with van der Waals surface area (Å²) in [5.74, 6) is 0.627. The highest BCUT2D eigenvalue weighted by atomic mass is 35.5. The Hall–Kier alpha value is -1.55. The third kappa shape index (κ3) is 2.73. The topological polar surface area (TPSA) is 34.0 Å². The summed E-state index contributed by atoms with van der Waals surface area (Å²) < 4.78 is 1.88. The Morgan fingerprint density at radius 1 is 1.32 bits per heavy atom. The molecule has 1 aliphatic rings. The molecule has 4 nitrogen and oxygen atoms in total. The second-order valence-corrected chi connectivity index (χ2v) is 5.43. The molecule has 0 bridgehead atoms. The molecule has 0 N–H and O–H groups in total. The lowest BCUT2D eigenvalue weighted by Gasteiger charge is -2.33.